The number of nitrogens with one attached hydrogen (secondary N) is 3. The Morgan fingerprint density at radius 3 is 1.38 bits per heavy atom. The molecule has 1 fully saturated rings. The lowest BCUT2D eigenvalue weighted by molar-refractivity contribution is 0.613. The van der Waals surface area contributed by atoms with Gasteiger partial charge in [-0.1, -0.05) is 61.5 Å². The van der Waals surface area contributed by atoms with Gasteiger partial charge in [-0.25, -0.2) is 43.6 Å². The minimum atomic E-state index is -0.493. The Kier molecular flexibility index (Phi) is 23.6. The van der Waals surface area contributed by atoms with Crippen LogP contribution in [-0.2, 0) is 0 Å². The molecule has 0 atom stereocenters. The first-order valence-electron chi connectivity index (χ1n) is 26.5. The topological polar surface area (TPSA) is 302 Å². The van der Waals surface area contributed by atoms with Crippen molar-refractivity contribution in [2.75, 3.05) is 33.9 Å². The van der Waals surface area contributed by atoms with Crippen LogP contribution in [-0.4, -0.2) is 117 Å². The number of hydrogen-bond acceptors (Lipinski definition) is 22. The van der Waals surface area contributed by atoms with Crippen LogP contribution in [0.25, 0.3) is 35.1 Å². The fourth-order valence-corrected chi connectivity index (χ4v) is 7.12. The van der Waals surface area contributed by atoms with E-state index in [9.17, 15) is 5.26 Å². The summed E-state index contributed by atoms with van der Waals surface area (Å²) < 4.78 is 21.3. The van der Waals surface area contributed by atoms with Gasteiger partial charge in [0.2, 0.25) is 5.82 Å². The molecule has 0 aliphatic carbocycles. The van der Waals surface area contributed by atoms with Crippen LogP contribution >= 0.6 is 0 Å². The first kappa shape index (κ1) is 60.3. The highest BCUT2D eigenvalue weighted by atomic mass is 19.1. The molecule has 3 N–H and O–H groups in total. The molecule has 1 aliphatic rings. The van der Waals surface area contributed by atoms with Crippen molar-refractivity contribution in [3.63, 3.8) is 0 Å². The van der Waals surface area contributed by atoms with Crippen LogP contribution in [0.1, 0.15) is 79.4 Å². The second-order valence-corrected chi connectivity index (χ2v) is 15.4. The number of rotatable bonds is 12. The molecule has 0 aromatic carbocycles. The SMILES string of the molecule is CC.CC.CC.CC.Cc1c(Nc2cnccn2)nc(-n2cccn2)nc1-n1cccn1.Fc1c(Nc2cnccn2)nc(-c2ccccn2)nc1N1CCCC1.N#Cc1c(Nc2cnccn2)nc(-n2cccn2)nc1-n1cccn1. The van der Waals surface area contributed by atoms with Crippen LogP contribution in [0.5, 0.6) is 0 Å². The summed E-state index contributed by atoms with van der Waals surface area (Å²) in [4.78, 5) is 57.4. The van der Waals surface area contributed by atoms with Crippen molar-refractivity contribution in [2.45, 2.75) is 75.2 Å². The molecule has 12 rings (SSSR count). The Labute approximate surface area is 473 Å². The van der Waals surface area contributed by atoms with Gasteiger partial charge >= 0.3 is 0 Å². The number of anilines is 7. The molecule has 11 aromatic rings. The van der Waals surface area contributed by atoms with E-state index in [4.69, 9.17) is 0 Å². The molecule has 0 radical (unpaired) electrons. The van der Waals surface area contributed by atoms with Gasteiger partial charge in [-0.3, -0.25) is 19.9 Å². The fraction of sp³-hybridized carbons (Fsp3) is 0.236. The molecule has 82 heavy (non-hydrogen) atoms. The van der Waals surface area contributed by atoms with E-state index < -0.39 is 5.82 Å². The van der Waals surface area contributed by atoms with Gasteiger partial charge in [0.05, 0.1) is 18.6 Å². The summed E-state index contributed by atoms with van der Waals surface area (Å²) in [5.74, 6) is 4.32. The van der Waals surface area contributed by atoms with Gasteiger partial charge in [-0.2, -0.15) is 50.0 Å². The van der Waals surface area contributed by atoms with Gasteiger partial charge in [-0.05, 0) is 56.2 Å². The molecule has 1 saturated heterocycles. The van der Waals surface area contributed by atoms with Crippen molar-refractivity contribution in [2.24, 2.45) is 0 Å². The number of pyridine rings is 1. The van der Waals surface area contributed by atoms with E-state index >= 15 is 4.39 Å². The number of hydrogen-bond donors (Lipinski definition) is 3. The predicted octanol–water partition coefficient (Wildman–Crippen LogP) is 9.86. The monoisotopic (exact) mass is 1110 g/mol. The Bertz CT molecular complexity index is 3560. The molecular formula is C55H63FN26. The lowest BCUT2D eigenvalue weighted by Gasteiger charge is -2.19. The highest BCUT2D eigenvalue weighted by Gasteiger charge is 2.24. The van der Waals surface area contributed by atoms with Crippen LogP contribution in [0, 0.1) is 24.1 Å². The van der Waals surface area contributed by atoms with Crippen LogP contribution in [0.15, 0.2) is 154 Å². The summed E-state index contributed by atoms with van der Waals surface area (Å²) in [5.41, 5.74) is 1.65. The van der Waals surface area contributed by atoms with Crippen molar-refractivity contribution >= 4 is 40.7 Å². The number of nitriles is 1. The molecule has 420 valence electrons. The molecule has 0 bridgehead atoms. The van der Waals surface area contributed by atoms with E-state index in [0.717, 1.165) is 31.5 Å². The van der Waals surface area contributed by atoms with Crippen LogP contribution < -0.4 is 20.9 Å². The third-order valence-electron chi connectivity index (χ3n) is 10.5. The van der Waals surface area contributed by atoms with Gasteiger partial charge in [-0.15, -0.1) is 0 Å². The predicted molar refractivity (Wildman–Crippen MR) is 310 cm³/mol. The lowest BCUT2D eigenvalue weighted by Crippen LogP contribution is -2.22. The Morgan fingerprint density at radius 1 is 0.463 bits per heavy atom. The van der Waals surface area contributed by atoms with Gasteiger partial charge in [0, 0.05) is 112 Å². The molecule has 27 heteroatoms. The Balaban J connectivity index is 0.000000186. The van der Waals surface area contributed by atoms with E-state index in [1.807, 2.05) is 97.7 Å². The van der Waals surface area contributed by atoms with Crippen molar-refractivity contribution in [1.29, 1.82) is 5.26 Å². The van der Waals surface area contributed by atoms with Gasteiger partial charge in [0.1, 0.15) is 40.6 Å². The number of nitrogens with zero attached hydrogens (tertiary/aromatic N) is 23. The van der Waals surface area contributed by atoms with Gasteiger partial charge < -0.3 is 20.9 Å². The van der Waals surface area contributed by atoms with Gasteiger partial charge in [0.15, 0.2) is 34.9 Å². The van der Waals surface area contributed by atoms with E-state index in [1.165, 1.54) is 28.0 Å². The minimum Gasteiger partial charge on any atom is -0.354 e. The zero-order valence-corrected chi connectivity index (χ0v) is 46.9. The Morgan fingerprint density at radius 2 is 0.927 bits per heavy atom. The fourth-order valence-electron chi connectivity index (χ4n) is 7.12. The molecule has 12 heterocycles. The maximum absolute atomic E-state index is 15.0. The summed E-state index contributed by atoms with van der Waals surface area (Å²) in [6.07, 6.45) is 31.4. The molecular weight excluding hydrogens is 1040 g/mol. The van der Waals surface area contributed by atoms with Crippen molar-refractivity contribution in [1.82, 2.24) is 104 Å². The Hall–Kier alpha value is -10.9. The minimum absolute atomic E-state index is 0.0676. The first-order valence-corrected chi connectivity index (χ1v) is 26.5. The molecule has 0 spiro atoms. The smallest absolute Gasteiger partial charge is 0.254 e. The maximum Gasteiger partial charge on any atom is 0.254 e. The first-order chi connectivity index (χ1) is 40.5. The summed E-state index contributed by atoms with van der Waals surface area (Å²) in [7, 11) is 0. The summed E-state index contributed by atoms with van der Waals surface area (Å²) >= 11 is 0. The second kappa shape index (κ2) is 32.1. The molecule has 0 unspecified atom stereocenters. The average Bonchev–Trinajstić information content (AvgIpc) is 4.48. The van der Waals surface area contributed by atoms with Crippen molar-refractivity contribution < 1.29 is 4.39 Å². The lowest BCUT2D eigenvalue weighted by atomic mass is 10.3. The zero-order chi connectivity index (χ0) is 58.5. The van der Waals surface area contributed by atoms with Crippen LogP contribution in [0.4, 0.5) is 45.1 Å². The largest absolute Gasteiger partial charge is 0.354 e. The molecule has 0 amide bonds. The number of aromatic nitrogens is 21. The number of halogens is 1. The zero-order valence-electron chi connectivity index (χ0n) is 46.9. The highest BCUT2D eigenvalue weighted by molar-refractivity contribution is 5.66. The average molecular weight is 1110 g/mol. The normalized spacial score (nSPS) is 10.8. The van der Waals surface area contributed by atoms with E-state index in [-0.39, 0.29) is 17.2 Å². The quantitative estimate of drug-likeness (QED) is 0.102. The molecule has 1 aliphatic heterocycles. The summed E-state index contributed by atoms with van der Waals surface area (Å²) in [6.45, 7) is 19.5. The molecule has 0 saturated carbocycles. The summed E-state index contributed by atoms with van der Waals surface area (Å²) in [5, 5.41) is 35.4. The standard InChI is InChI=1S/C17H16FN7.C15H10N10.C15H13N9.4C2H6/c18-14-16(22-13-11-19-7-8-21-13)23-15(12-5-1-2-6-20-12)24-17(14)25-9-3-4-10-25;16-9-11-13(21-12-10-17-5-6-18-12)22-15(25-8-2-4-20-25)23-14(11)24-7-1-3-19-24;1-11-13(20-12-10-16-6-7-17-12)21-15(24-9-3-5-19-24)22-14(11)23-8-2-4-18-23;4*1-2/h1-2,5-8,11H,3-4,9-10H2,(H,21,22,23,24);1-8,10H,(H,18,21,22,23);2-10H,1H3,(H,17,20,21,22);4*1-2H3. The van der Waals surface area contributed by atoms with Crippen LogP contribution in [0.3, 0.4) is 0 Å². The third-order valence-corrected chi connectivity index (χ3v) is 10.5. The molecule has 26 nitrogen and oxygen atoms in total. The van der Waals surface area contributed by atoms with E-state index in [0.29, 0.717) is 64.1 Å². The van der Waals surface area contributed by atoms with Crippen molar-refractivity contribution in [3.8, 4) is 41.1 Å². The second-order valence-electron chi connectivity index (χ2n) is 15.4. The van der Waals surface area contributed by atoms with Crippen LogP contribution in [0.2, 0.25) is 0 Å². The van der Waals surface area contributed by atoms with Crippen molar-refractivity contribution in [3.05, 3.63) is 171 Å². The maximum atomic E-state index is 15.0. The van der Waals surface area contributed by atoms with E-state index in [1.54, 1.807) is 114 Å². The molecule has 11 aromatic heterocycles. The summed E-state index contributed by atoms with van der Waals surface area (Å²) in [6, 6.07) is 14.7. The van der Waals surface area contributed by atoms with E-state index in [2.05, 4.69) is 107 Å². The van der Waals surface area contributed by atoms with Gasteiger partial charge in [0.25, 0.3) is 11.9 Å². The highest BCUT2D eigenvalue weighted by Crippen LogP contribution is 2.30. The third kappa shape index (κ3) is 15.9.